The first-order chi connectivity index (χ1) is 3.73. The first-order valence-corrected chi connectivity index (χ1v) is 5.05. The second kappa shape index (κ2) is 7.63. The number of hydrogen-bond donors (Lipinski definition) is 0. The molecule has 0 aromatic carbocycles. The van der Waals surface area contributed by atoms with Crippen LogP contribution >= 0.6 is 28.6 Å². The Morgan fingerprint density at radius 1 is 1.50 bits per heavy atom. The van der Waals surface area contributed by atoms with Crippen LogP contribution in [-0.4, -0.2) is 5.97 Å². The van der Waals surface area contributed by atoms with Crippen molar-refractivity contribution in [2.24, 2.45) is 0 Å². The predicted octanol–water partition coefficient (Wildman–Crippen LogP) is -0.311. The standard InChI is InChI=1S/C2H4O2.Cl2HO2P.Cl/c1-2(3)4;1-5(2,3)4;/h1H3,(H,3,4);(H,3,4);/q;;+2/p-2. The summed E-state index contributed by atoms with van der Waals surface area (Å²) in [4.78, 5) is 18.1. The Balaban J connectivity index is -0.0000000910. The van der Waals surface area contributed by atoms with E-state index in [1.165, 1.54) is 0 Å². The highest BCUT2D eigenvalue weighted by Crippen LogP contribution is 2.46. The van der Waals surface area contributed by atoms with Crippen molar-refractivity contribution in [1.82, 2.24) is 0 Å². The van der Waals surface area contributed by atoms with Crippen molar-refractivity contribution in [3.63, 3.8) is 0 Å². The zero-order valence-electron chi connectivity index (χ0n) is 4.71. The zero-order valence-corrected chi connectivity index (χ0v) is 7.88. The van der Waals surface area contributed by atoms with Crippen LogP contribution in [-0.2, 0) is 9.36 Å². The third-order valence-electron chi connectivity index (χ3n) is 0. The lowest BCUT2D eigenvalue weighted by Gasteiger charge is -1.98. The lowest BCUT2D eigenvalue weighted by Crippen LogP contribution is -2.16. The quantitative estimate of drug-likeness (QED) is 0.533. The molecule has 0 bridgehead atoms. The highest BCUT2D eigenvalue weighted by molar-refractivity contribution is 8.03. The summed E-state index contributed by atoms with van der Waals surface area (Å²) >= 11 is 8.59. The molecule has 0 unspecified atom stereocenters. The number of hydrogen-bond acceptors (Lipinski definition) is 4. The maximum absolute atomic E-state index is 9.19. The second-order valence-corrected chi connectivity index (χ2v) is 4.92. The van der Waals surface area contributed by atoms with Crippen molar-refractivity contribution in [3.8, 4) is 0 Å². The minimum absolute atomic E-state index is 0. The SMILES string of the molecule is CC(=O)[O-].O=P([O-])(Cl)Cl.[Cl+2]. The average molecular weight is 228 g/mol. The van der Waals surface area contributed by atoms with E-state index in [1.807, 2.05) is 0 Å². The molecule has 0 N–H and O–H groups in total. The first kappa shape index (κ1) is 16.9. The topological polar surface area (TPSA) is 80.3 Å². The van der Waals surface area contributed by atoms with Gasteiger partial charge in [0.25, 0.3) is 0 Å². The number of carboxylic acids is 1. The fourth-order valence-corrected chi connectivity index (χ4v) is 0. The molecule has 3 radical (unpaired) electrons. The molecule has 61 valence electrons. The van der Waals surface area contributed by atoms with E-state index >= 15 is 0 Å². The van der Waals surface area contributed by atoms with Gasteiger partial charge in [-0.3, -0.25) is 0 Å². The molecule has 0 atom stereocenters. The Kier molecular flexibility index (Phi) is 12.9. The maximum atomic E-state index is 9.19. The fraction of sp³-hybridized carbons (Fsp3) is 0.500. The van der Waals surface area contributed by atoms with Crippen molar-refractivity contribution in [3.05, 3.63) is 0 Å². The minimum atomic E-state index is -3.94. The Labute approximate surface area is 73.6 Å². The number of halogens is 3. The number of aliphatic carboxylic acids is 1. The summed E-state index contributed by atoms with van der Waals surface area (Å²) in [5, 5.41) is 8.89. The van der Waals surface area contributed by atoms with Gasteiger partial charge in [0.1, 0.15) is 0 Å². The molecule has 0 saturated heterocycles. The summed E-state index contributed by atoms with van der Waals surface area (Å²) in [5.74, 6) is -1.08. The number of carbonyl (C=O) groups is 1. The molecular weight excluding hydrogens is 225 g/mol. The number of carboxylic acid groups (broad SMARTS) is 1. The van der Waals surface area contributed by atoms with Gasteiger partial charge in [-0.2, -0.15) is 0 Å². The summed E-state index contributed by atoms with van der Waals surface area (Å²) in [7, 11) is 0. The molecule has 0 fully saturated rings. The smallest absolute Gasteiger partial charge is 0.776 e. The lowest BCUT2D eigenvalue weighted by atomic mass is 10.9. The molecule has 0 spiro atoms. The molecule has 0 aromatic heterocycles. The van der Waals surface area contributed by atoms with E-state index in [0.717, 1.165) is 6.92 Å². The van der Waals surface area contributed by atoms with Gasteiger partial charge in [0, 0.05) is 5.97 Å². The largest absolute Gasteiger partial charge is 2.00 e. The molecule has 0 saturated carbocycles. The second-order valence-electron chi connectivity index (χ2n) is 0.906. The van der Waals surface area contributed by atoms with Gasteiger partial charge in [-0.1, -0.05) is 22.5 Å². The molecule has 0 aliphatic carbocycles. The maximum Gasteiger partial charge on any atom is 2.00 e. The molecular formula is C2H3Cl3O4P. The minimum Gasteiger partial charge on any atom is -0.776 e. The van der Waals surface area contributed by atoms with Crippen molar-refractivity contribution in [1.29, 1.82) is 0 Å². The molecule has 0 heterocycles. The van der Waals surface area contributed by atoms with Gasteiger partial charge in [0.15, 0.2) is 6.07 Å². The van der Waals surface area contributed by atoms with Gasteiger partial charge >= 0.3 is 12.4 Å². The molecule has 0 aliphatic heterocycles. The van der Waals surface area contributed by atoms with Gasteiger partial charge < -0.3 is 19.4 Å². The highest BCUT2D eigenvalue weighted by atomic mass is 35.9. The zero-order chi connectivity index (χ0) is 8.08. The molecule has 0 rings (SSSR count). The average Bonchev–Trinajstić information content (AvgIpc) is 1.19. The Morgan fingerprint density at radius 2 is 1.50 bits per heavy atom. The molecule has 0 aliphatic rings. The van der Waals surface area contributed by atoms with Crippen LogP contribution in [0, 0.1) is 12.4 Å². The molecule has 0 aromatic rings. The van der Waals surface area contributed by atoms with Crippen LogP contribution in [0.15, 0.2) is 0 Å². The van der Waals surface area contributed by atoms with Gasteiger partial charge in [0.2, 0.25) is 0 Å². The van der Waals surface area contributed by atoms with Gasteiger partial charge in [-0.15, -0.1) is 0 Å². The molecule has 4 nitrogen and oxygen atoms in total. The van der Waals surface area contributed by atoms with Crippen LogP contribution in [0.2, 0.25) is 0 Å². The van der Waals surface area contributed by atoms with Crippen molar-refractivity contribution < 1.29 is 31.8 Å². The van der Waals surface area contributed by atoms with E-state index in [9.17, 15) is 9.46 Å². The summed E-state index contributed by atoms with van der Waals surface area (Å²) in [6, 6.07) is 0. The Hall–Kier alpha value is 0.530. The monoisotopic (exact) mass is 227 g/mol. The Bertz CT molecular complexity index is 118. The first-order valence-electron chi connectivity index (χ1n) is 1.61. The summed E-state index contributed by atoms with van der Waals surface area (Å²) in [6.07, 6.45) is -3.94. The third-order valence-corrected chi connectivity index (χ3v) is 0. The Morgan fingerprint density at radius 3 is 1.50 bits per heavy atom. The van der Waals surface area contributed by atoms with E-state index in [2.05, 4.69) is 22.5 Å². The van der Waals surface area contributed by atoms with Crippen LogP contribution in [0.3, 0.4) is 0 Å². The van der Waals surface area contributed by atoms with Crippen LogP contribution in [0.4, 0.5) is 0 Å². The van der Waals surface area contributed by atoms with E-state index in [0.29, 0.717) is 0 Å². The third kappa shape index (κ3) is 1720. The van der Waals surface area contributed by atoms with Crippen molar-refractivity contribution >= 4 is 34.5 Å². The van der Waals surface area contributed by atoms with E-state index in [4.69, 9.17) is 9.90 Å². The number of carbonyl (C=O) groups excluding carboxylic acids is 1. The predicted molar refractivity (Wildman–Crippen MR) is 30.0 cm³/mol. The molecule has 8 heteroatoms. The number of rotatable bonds is 0. The van der Waals surface area contributed by atoms with Crippen LogP contribution in [0.1, 0.15) is 6.92 Å². The summed E-state index contributed by atoms with van der Waals surface area (Å²) in [6.45, 7) is 0.972. The van der Waals surface area contributed by atoms with Gasteiger partial charge in [-0.05, 0) is 6.92 Å². The van der Waals surface area contributed by atoms with Crippen molar-refractivity contribution in [2.45, 2.75) is 6.92 Å². The van der Waals surface area contributed by atoms with E-state index in [1.54, 1.807) is 0 Å². The van der Waals surface area contributed by atoms with Gasteiger partial charge in [-0.25, -0.2) is 0 Å². The molecule has 10 heavy (non-hydrogen) atoms. The van der Waals surface area contributed by atoms with Gasteiger partial charge in [0.05, 0.1) is 0 Å². The summed E-state index contributed by atoms with van der Waals surface area (Å²) < 4.78 is 9.19. The highest BCUT2D eigenvalue weighted by Gasteiger charge is 2.00. The molecule has 0 amide bonds. The lowest BCUT2D eigenvalue weighted by molar-refractivity contribution is -0.302. The summed E-state index contributed by atoms with van der Waals surface area (Å²) in [5.41, 5.74) is 0. The normalized spacial score (nSPS) is 8.40. The van der Waals surface area contributed by atoms with Crippen LogP contribution in [0.25, 0.3) is 0 Å². The van der Waals surface area contributed by atoms with Crippen LogP contribution < -0.4 is 10.00 Å². The van der Waals surface area contributed by atoms with E-state index < -0.39 is 12.0 Å². The van der Waals surface area contributed by atoms with Crippen LogP contribution in [0.5, 0.6) is 0 Å². The van der Waals surface area contributed by atoms with E-state index in [-0.39, 0.29) is 12.4 Å². The fourth-order valence-electron chi connectivity index (χ4n) is 0. The van der Waals surface area contributed by atoms with Crippen molar-refractivity contribution in [2.75, 3.05) is 0 Å².